The van der Waals surface area contributed by atoms with Crippen LogP contribution in [-0.2, 0) is 0 Å². The number of aromatic nitrogens is 1. The summed E-state index contributed by atoms with van der Waals surface area (Å²) in [5, 5.41) is 9.54. The minimum atomic E-state index is -0.262. The zero-order valence-corrected chi connectivity index (χ0v) is 10.8. The normalized spacial score (nSPS) is 22.4. The second-order valence-electron chi connectivity index (χ2n) is 4.30. The Morgan fingerprint density at radius 2 is 2.44 bits per heavy atom. The van der Waals surface area contributed by atoms with Crippen LogP contribution in [0.4, 0.5) is 11.5 Å². The molecular formula is C11H16BrN3O. The van der Waals surface area contributed by atoms with Crippen molar-refractivity contribution in [1.82, 2.24) is 4.98 Å². The third kappa shape index (κ3) is 2.30. The summed E-state index contributed by atoms with van der Waals surface area (Å²) in [5.74, 6) is 1.15. The van der Waals surface area contributed by atoms with E-state index < -0.39 is 0 Å². The van der Waals surface area contributed by atoms with Gasteiger partial charge in [-0.3, -0.25) is 0 Å². The molecule has 0 saturated carbocycles. The molecule has 0 spiro atoms. The van der Waals surface area contributed by atoms with Gasteiger partial charge in [0.05, 0.1) is 11.8 Å². The molecule has 88 valence electrons. The van der Waals surface area contributed by atoms with Gasteiger partial charge in [-0.15, -0.1) is 0 Å². The number of nitrogens with zero attached hydrogens (tertiary/aromatic N) is 2. The average molecular weight is 286 g/mol. The number of hydrogen-bond donors (Lipinski definition) is 2. The minimum Gasteiger partial charge on any atom is -0.396 e. The molecule has 0 amide bonds. The van der Waals surface area contributed by atoms with Gasteiger partial charge < -0.3 is 15.7 Å². The van der Waals surface area contributed by atoms with Crippen molar-refractivity contribution in [2.45, 2.75) is 19.4 Å². The molecule has 1 saturated heterocycles. The highest BCUT2D eigenvalue weighted by Crippen LogP contribution is 2.29. The zero-order chi connectivity index (χ0) is 11.7. The minimum absolute atomic E-state index is 0.262. The Balaban J connectivity index is 2.14. The van der Waals surface area contributed by atoms with Crippen LogP contribution in [0.2, 0.25) is 0 Å². The predicted molar refractivity (Wildman–Crippen MR) is 68.4 cm³/mol. The Morgan fingerprint density at radius 1 is 1.69 bits per heavy atom. The highest BCUT2D eigenvalue weighted by molar-refractivity contribution is 9.10. The van der Waals surface area contributed by atoms with Gasteiger partial charge in [-0.2, -0.15) is 0 Å². The number of halogens is 1. The lowest BCUT2D eigenvalue weighted by molar-refractivity contribution is 0.136. The number of hydrogen-bond acceptors (Lipinski definition) is 4. The highest BCUT2D eigenvalue weighted by Gasteiger charge is 2.27. The van der Waals surface area contributed by atoms with Gasteiger partial charge in [-0.05, 0) is 35.3 Å². The summed E-state index contributed by atoms with van der Waals surface area (Å²) in [7, 11) is 0. The van der Waals surface area contributed by atoms with Gasteiger partial charge in [0.2, 0.25) is 0 Å². The van der Waals surface area contributed by atoms with Crippen molar-refractivity contribution in [3.63, 3.8) is 0 Å². The molecule has 5 heteroatoms. The van der Waals surface area contributed by atoms with Crippen molar-refractivity contribution in [3.05, 3.63) is 16.7 Å². The van der Waals surface area contributed by atoms with Crippen molar-refractivity contribution in [2.24, 2.45) is 5.92 Å². The molecule has 3 N–H and O–H groups in total. The van der Waals surface area contributed by atoms with E-state index in [2.05, 4.69) is 25.8 Å². The molecule has 0 aromatic carbocycles. The molecule has 2 rings (SSSR count). The molecule has 16 heavy (non-hydrogen) atoms. The van der Waals surface area contributed by atoms with E-state index in [1.54, 1.807) is 6.20 Å². The van der Waals surface area contributed by atoms with E-state index in [4.69, 9.17) is 5.73 Å². The number of pyridine rings is 1. The maximum absolute atomic E-state index is 9.54. The summed E-state index contributed by atoms with van der Waals surface area (Å²) >= 11 is 3.34. The first-order chi connectivity index (χ1) is 7.58. The SMILES string of the molecule is CC(O)C1CCN(c2ncc(Br)cc2N)C1. The molecule has 0 bridgehead atoms. The summed E-state index contributed by atoms with van der Waals surface area (Å²) in [6.45, 7) is 3.58. The standard InChI is InChI=1S/C11H16BrN3O/c1-7(16)8-2-3-15(6-8)11-10(13)4-9(12)5-14-11/h4-5,7-8,16H,2-3,6,13H2,1H3. The van der Waals surface area contributed by atoms with Crippen LogP contribution in [0.15, 0.2) is 16.7 Å². The molecule has 1 fully saturated rings. The number of nitrogen functional groups attached to an aromatic ring is 1. The van der Waals surface area contributed by atoms with Crippen molar-refractivity contribution in [3.8, 4) is 0 Å². The van der Waals surface area contributed by atoms with Crippen LogP contribution >= 0.6 is 15.9 Å². The van der Waals surface area contributed by atoms with Crippen LogP contribution in [0.1, 0.15) is 13.3 Å². The van der Waals surface area contributed by atoms with E-state index in [-0.39, 0.29) is 6.10 Å². The van der Waals surface area contributed by atoms with Crippen LogP contribution in [0.3, 0.4) is 0 Å². The van der Waals surface area contributed by atoms with Gasteiger partial charge in [-0.25, -0.2) is 4.98 Å². The molecule has 1 aromatic heterocycles. The van der Waals surface area contributed by atoms with Gasteiger partial charge >= 0.3 is 0 Å². The number of rotatable bonds is 2. The number of nitrogens with two attached hydrogens (primary N) is 1. The van der Waals surface area contributed by atoms with E-state index in [0.29, 0.717) is 11.6 Å². The molecule has 2 atom stereocenters. The maximum atomic E-state index is 9.54. The summed E-state index contributed by atoms with van der Waals surface area (Å²) in [5.41, 5.74) is 6.61. The second-order valence-corrected chi connectivity index (χ2v) is 5.22. The van der Waals surface area contributed by atoms with Gasteiger partial charge in [0.25, 0.3) is 0 Å². The highest BCUT2D eigenvalue weighted by atomic mass is 79.9. The smallest absolute Gasteiger partial charge is 0.151 e. The summed E-state index contributed by atoms with van der Waals surface area (Å²) in [6.07, 6.45) is 2.48. The fraction of sp³-hybridized carbons (Fsp3) is 0.545. The van der Waals surface area contributed by atoms with Crippen LogP contribution < -0.4 is 10.6 Å². The van der Waals surface area contributed by atoms with Gasteiger partial charge in [0.15, 0.2) is 5.82 Å². The summed E-state index contributed by atoms with van der Waals surface area (Å²) < 4.78 is 0.889. The first-order valence-corrected chi connectivity index (χ1v) is 6.21. The number of aliphatic hydroxyl groups is 1. The second kappa shape index (κ2) is 4.59. The van der Waals surface area contributed by atoms with Gasteiger partial charge in [0, 0.05) is 29.7 Å². The Bertz CT molecular complexity index is 383. The van der Waals surface area contributed by atoms with Crippen molar-refractivity contribution < 1.29 is 5.11 Å². The lowest BCUT2D eigenvalue weighted by atomic mass is 10.0. The van der Waals surface area contributed by atoms with Gasteiger partial charge in [0.1, 0.15) is 0 Å². The topological polar surface area (TPSA) is 62.4 Å². The molecule has 2 heterocycles. The van der Waals surface area contributed by atoms with E-state index in [9.17, 15) is 5.11 Å². The first kappa shape index (κ1) is 11.7. The quantitative estimate of drug-likeness (QED) is 0.867. The van der Waals surface area contributed by atoms with E-state index in [0.717, 1.165) is 29.8 Å². The summed E-state index contributed by atoms with van der Waals surface area (Å²) in [6, 6.07) is 1.86. The van der Waals surface area contributed by atoms with Crippen molar-refractivity contribution in [2.75, 3.05) is 23.7 Å². The fourth-order valence-corrected chi connectivity index (χ4v) is 2.43. The van der Waals surface area contributed by atoms with Crippen LogP contribution in [0.5, 0.6) is 0 Å². The molecular weight excluding hydrogens is 270 g/mol. The molecule has 0 radical (unpaired) electrons. The van der Waals surface area contributed by atoms with E-state index in [1.165, 1.54) is 0 Å². The molecule has 0 aliphatic carbocycles. The lowest BCUT2D eigenvalue weighted by Crippen LogP contribution is -2.25. The molecule has 4 nitrogen and oxygen atoms in total. The van der Waals surface area contributed by atoms with Gasteiger partial charge in [-0.1, -0.05) is 0 Å². The Morgan fingerprint density at radius 3 is 3.00 bits per heavy atom. The van der Waals surface area contributed by atoms with Crippen LogP contribution in [0, 0.1) is 5.92 Å². The zero-order valence-electron chi connectivity index (χ0n) is 9.23. The van der Waals surface area contributed by atoms with Crippen LogP contribution in [-0.4, -0.2) is 29.3 Å². The lowest BCUT2D eigenvalue weighted by Gasteiger charge is -2.20. The molecule has 1 aliphatic rings. The van der Waals surface area contributed by atoms with E-state index in [1.807, 2.05) is 13.0 Å². The monoisotopic (exact) mass is 285 g/mol. The Hall–Kier alpha value is -0.810. The first-order valence-electron chi connectivity index (χ1n) is 5.42. The molecule has 2 unspecified atom stereocenters. The van der Waals surface area contributed by atoms with E-state index >= 15 is 0 Å². The fourth-order valence-electron chi connectivity index (χ4n) is 2.09. The van der Waals surface area contributed by atoms with Crippen molar-refractivity contribution in [1.29, 1.82) is 0 Å². The average Bonchev–Trinajstić information content (AvgIpc) is 2.66. The molecule has 1 aromatic rings. The molecule has 1 aliphatic heterocycles. The maximum Gasteiger partial charge on any atom is 0.151 e. The number of anilines is 2. The van der Waals surface area contributed by atoms with Crippen molar-refractivity contribution >= 4 is 27.4 Å². The third-order valence-electron chi connectivity index (χ3n) is 3.07. The largest absolute Gasteiger partial charge is 0.396 e. The Kier molecular flexibility index (Phi) is 3.35. The third-order valence-corrected chi connectivity index (χ3v) is 3.50. The number of aliphatic hydroxyl groups excluding tert-OH is 1. The Labute approximate surface area is 104 Å². The van der Waals surface area contributed by atoms with Crippen LogP contribution in [0.25, 0.3) is 0 Å². The predicted octanol–water partition coefficient (Wildman–Crippen LogP) is 1.63. The summed E-state index contributed by atoms with van der Waals surface area (Å²) in [4.78, 5) is 6.46.